The van der Waals surface area contributed by atoms with E-state index in [-0.39, 0.29) is 18.4 Å². The lowest BCUT2D eigenvalue weighted by Gasteiger charge is -2.13. The van der Waals surface area contributed by atoms with Crippen LogP contribution in [-0.4, -0.2) is 12.6 Å². The fourth-order valence-corrected chi connectivity index (χ4v) is 3.16. The molecule has 0 saturated heterocycles. The predicted octanol–water partition coefficient (Wildman–Crippen LogP) is 1.73. The molecule has 5 heteroatoms. The van der Waals surface area contributed by atoms with E-state index < -0.39 is 0 Å². The number of carbonyl (C=O) groups is 1. The topological polar surface area (TPSA) is 52.5 Å². The second kappa shape index (κ2) is 8.06. The molecule has 136 valence electrons. The van der Waals surface area contributed by atoms with Crippen LogP contribution in [-0.2, 0) is 4.74 Å². The smallest absolute Gasteiger partial charge is 0.340 e. The van der Waals surface area contributed by atoms with Crippen molar-refractivity contribution in [3.05, 3.63) is 78.4 Å². The number of aromatic nitrogens is 1. The monoisotopic (exact) mass is 378 g/mol. The average Bonchev–Trinajstić information content (AvgIpc) is 2.68. The standard InChI is InChI=1S/C22H18N2O2.ClH/c1-2-26-22(25)17-11-5-8-14-20(17)24-21-15-9-3-6-12-18(15)23-19-13-7-4-10-16(19)21;/h3-14H,2H2,1H3,(H,23,24);1H. The van der Waals surface area contributed by atoms with Gasteiger partial charge in [0, 0.05) is 12.1 Å². The summed E-state index contributed by atoms with van der Waals surface area (Å²) >= 11 is 0. The van der Waals surface area contributed by atoms with Crippen molar-refractivity contribution in [2.75, 3.05) is 11.9 Å². The Bertz CT molecular complexity index is 1060. The van der Waals surface area contributed by atoms with E-state index in [4.69, 9.17) is 4.74 Å². The lowest BCUT2D eigenvalue weighted by molar-refractivity contribution is -0.310. The first-order valence-electron chi connectivity index (χ1n) is 8.64. The number of aromatic amines is 1. The maximum absolute atomic E-state index is 12.3. The van der Waals surface area contributed by atoms with Gasteiger partial charge in [0.2, 0.25) is 11.0 Å². The molecule has 0 fully saturated rings. The minimum atomic E-state index is -0.327. The van der Waals surface area contributed by atoms with Crippen molar-refractivity contribution in [2.24, 2.45) is 0 Å². The molecule has 1 aromatic heterocycles. The van der Waals surface area contributed by atoms with Crippen molar-refractivity contribution in [3.63, 3.8) is 0 Å². The average molecular weight is 379 g/mol. The molecule has 0 aliphatic rings. The minimum absolute atomic E-state index is 0. The fraction of sp³-hybridized carbons (Fsp3) is 0.0909. The Morgan fingerprint density at radius 3 is 2.07 bits per heavy atom. The molecule has 0 bridgehead atoms. The molecule has 0 aliphatic heterocycles. The summed E-state index contributed by atoms with van der Waals surface area (Å²) in [5.74, 6) is -0.327. The lowest BCUT2D eigenvalue weighted by Crippen LogP contribution is -3.00. The highest BCUT2D eigenvalue weighted by atomic mass is 35.5. The summed E-state index contributed by atoms with van der Waals surface area (Å²) in [7, 11) is 0. The molecule has 0 saturated carbocycles. The third-order valence-corrected chi connectivity index (χ3v) is 4.34. The zero-order valence-corrected chi connectivity index (χ0v) is 15.6. The van der Waals surface area contributed by atoms with Gasteiger partial charge in [-0.25, -0.2) is 9.78 Å². The number of hydrogen-bond acceptors (Lipinski definition) is 3. The first-order chi connectivity index (χ1) is 12.8. The number of carbonyl (C=O) groups excluding carboxylic acids is 1. The number of benzene rings is 3. The van der Waals surface area contributed by atoms with Crippen LogP contribution in [0.1, 0.15) is 17.3 Å². The Morgan fingerprint density at radius 1 is 0.889 bits per heavy atom. The number of pyridine rings is 1. The molecule has 4 aromatic rings. The minimum Gasteiger partial charge on any atom is -1.00 e. The molecule has 0 atom stereocenters. The largest absolute Gasteiger partial charge is 1.00 e. The van der Waals surface area contributed by atoms with E-state index in [0.29, 0.717) is 12.2 Å². The van der Waals surface area contributed by atoms with Gasteiger partial charge in [-0.15, -0.1) is 0 Å². The number of fused-ring (bicyclic) bond motifs is 2. The molecule has 0 unspecified atom stereocenters. The van der Waals surface area contributed by atoms with E-state index in [0.717, 1.165) is 33.2 Å². The molecule has 2 N–H and O–H groups in total. The van der Waals surface area contributed by atoms with Gasteiger partial charge in [-0.2, -0.15) is 0 Å². The Balaban J connectivity index is 0.00000210. The van der Waals surface area contributed by atoms with Crippen LogP contribution < -0.4 is 22.7 Å². The van der Waals surface area contributed by atoms with E-state index in [9.17, 15) is 4.79 Å². The number of halogens is 1. The molecule has 0 amide bonds. The van der Waals surface area contributed by atoms with E-state index in [1.165, 1.54) is 0 Å². The number of nitrogens with one attached hydrogen (secondary N) is 2. The Kier molecular flexibility index (Phi) is 5.57. The van der Waals surface area contributed by atoms with E-state index >= 15 is 0 Å². The SMILES string of the molecule is CCOC(=O)c1ccccc1Nc1c2ccccc2[nH+]c2ccccc12.[Cl-]. The molecule has 3 aromatic carbocycles. The number of para-hydroxylation sites is 3. The molecule has 4 rings (SSSR count). The molecule has 0 radical (unpaired) electrons. The van der Waals surface area contributed by atoms with Gasteiger partial charge in [-0.05, 0) is 31.2 Å². The maximum Gasteiger partial charge on any atom is 0.340 e. The Morgan fingerprint density at radius 2 is 1.44 bits per heavy atom. The normalized spacial score (nSPS) is 10.4. The summed E-state index contributed by atoms with van der Waals surface area (Å²) in [4.78, 5) is 15.8. The highest BCUT2D eigenvalue weighted by Crippen LogP contribution is 2.32. The van der Waals surface area contributed by atoms with Crippen molar-refractivity contribution in [2.45, 2.75) is 6.92 Å². The molecule has 0 aliphatic carbocycles. The van der Waals surface area contributed by atoms with Gasteiger partial charge in [0.05, 0.1) is 34.3 Å². The van der Waals surface area contributed by atoms with Crippen LogP contribution in [0.2, 0.25) is 0 Å². The summed E-state index contributed by atoms with van der Waals surface area (Å²) in [5, 5.41) is 5.60. The molecular formula is C22H19ClN2O2. The van der Waals surface area contributed by atoms with Gasteiger partial charge in [0.15, 0.2) is 0 Å². The van der Waals surface area contributed by atoms with Gasteiger partial charge in [0.1, 0.15) is 0 Å². The van der Waals surface area contributed by atoms with Crippen molar-refractivity contribution >= 4 is 39.1 Å². The van der Waals surface area contributed by atoms with Crippen LogP contribution >= 0.6 is 0 Å². The third-order valence-electron chi connectivity index (χ3n) is 4.34. The maximum atomic E-state index is 12.3. The van der Waals surface area contributed by atoms with Crippen LogP contribution in [0.25, 0.3) is 21.8 Å². The van der Waals surface area contributed by atoms with E-state index in [2.05, 4.69) is 22.4 Å². The quantitative estimate of drug-likeness (QED) is 0.434. The zero-order valence-electron chi connectivity index (χ0n) is 14.8. The molecule has 1 heterocycles. The number of esters is 1. The van der Waals surface area contributed by atoms with Crippen molar-refractivity contribution in [1.29, 1.82) is 0 Å². The number of hydrogen-bond donors (Lipinski definition) is 1. The van der Waals surface area contributed by atoms with Crippen molar-refractivity contribution in [3.8, 4) is 0 Å². The summed E-state index contributed by atoms with van der Waals surface area (Å²) < 4.78 is 5.20. The Labute approximate surface area is 163 Å². The van der Waals surface area contributed by atoms with Gasteiger partial charge >= 0.3 is 5.97 Å². The predicted molar refractivity (Wildman–Crippen MR) is 104 cm³/mol. The van der Waals surface area contributed by atoms with Crippen LogP contribution in [0, 0.1) is 0 Å². The van der Waals surface area contributed by atoms with E-state index in [1.807, 2.05) is 61.5 Å². The third kappa shape index (κ3) is 3.57. The summed E-state index contributed by atoms with van der Waals surface area (Å²) in [6.07, 6.45) is 0. The molecular weight excluding hydrogens is 360 g/mol. The number of rotatable bonds is 4. The number of H-pyrrole nitrogens is 1. The van der Waals surface area contributed by atoms with Crippen LogP contribution in [0.4, 0.5) is 11.4 Å². The number of ether oxygens (including phenoxy) is 1. The number of anilines is 2. The van der Waals surface area contributed by atoms with Crippen LogP contribution in [0.5, 0.6) is 0 Å². The lowest BCUT2D eigenvalue weighted by atomic mass is 10.1. The van der Waals surface area contributed by atoms with Crippen molar-refractivity contribution in [1.82, 2.24) is 0 Å². The molecule has 27 heavy (non-hydrogen) atoms. The van der Waals surface area contributed by atoms with Crippen LogP contribution in [0.15, 0.2) is 72.8 Å². The van der Waals surface area contributed by atoms with Crippen molar-refractivity contribution < 1.29 is 26.9 Å². The first kappa shape index (κ1) is 18.7. The van der Waals surface area contributed by atoms with E-state index in [1.54, 1.807) is 6.07 Å². The summed E-state index contributed by atoms with van der Waals surface area (Å²) in [6.45, 7) is 2.15. The summed E-state index contributed by atoms with van der Waals surface area (Å²) in [5.41, 5.74) is 4.28. The van der Waals surface area contributed by atoms with Gasteiger partial charge in [-0.1, -0.05) is 36.4 Å². The summed E-state index contributed by atoms with van der Waals surface area (Å²) in [6, 6.07) is 23.7. The second-order valence-electron chi connectivity index (χ2n) is 5.98. The highest BCUT2D eigenvalue weighted by molar-refractivity contribution is 6.07. The first-order valence-corrected chi connectivity index (χ1v) is 8.64. The molecule has 4 nitrogen and oxygen atoms in total. The zero-order chi connectivity index (χ0) is 17.9. The molecule has 0 spiro atoms. The van der Waals surface area contributed by atoms with Gasteiger partial charge in [-0.3, -0.25) is 0 Å². The van der Waals surface area contributed by atoms with Gasteiger partial charge in [0.25, 0.3) is 0 Å². The van der Waals surface area contributed by atoms with Crippen LogP contribution in [0.3, 0.4) is 0 Å². The highest BCUT2D eigenvalue weighted by Gasteiger charge is 2.17. The second-order valence-corrected chi connectivity index (χ2v) is 5.98. The van der Waals surface area contributed by atoms with Gasteiger partial charge < -0.3 is 22.5 Å². The Hall–Kier alpha value is -3.11. The fourth-order valence-electron chi connectivity index (χ4n) is 3.16.